The molecule has 11 heteroatoms. The highest BCUT2D eigenvalue weighted by Gasteiger charge is 2.23. The van der Waals surface area contributed by atoms with Gasteiger partial charge in [0.15, 0.2) is 13.1 Å². The van der Waals surface area contributed by atoms with Gasteiger partial charge in [-0.15, -0.1) is 0 Å². The van der Waals surface area contributed by atoms with Gasteiger partial charge in [-0.3, -0.25) is 0 Å². The quantitative estimate of drug-likeness (QED) is 0.0847. The fourth-order valence-electron chi connectivity index (χ4n) is 3.99. The van der Waals surface area contributed by atoms with Gasteiger partial charge in [-0.1, -0.05) is 51.3 Å². The van der Waals surface area contributed by atoms with Crippen molar-refractivity contribution in [3.05, 3.63) is 85.0 Å². The monoisotopic (exact) mass is 628 g/mol. The van der Waals surface area contributed by atoms with E-state index in [1.165, 1.54) is 0 Å². The Labute approximate surface area is 264 Å². The van der Waals surface area contributed by atoms with Gasteiger partial charge in [-0.25, -0.2) is 9.59 Å². The molecule has 4 unspecified atom stereocenters. The van der Waals surface area contributed by atoms with E-state index < -0.39 is 37.0 Å². The van der Waals surface area contributed by atoms with E-state index in [-0.39, 0.29) is 44.4 Å². The molecule has 0 aromatic heterocycles. The van der Waals surface area contributed by atoms with E-state index in [2.05, 4.69) is 31.7 Å². The highest BCUT2D eigenvalue weighted by molar-refractivity contribution is 5.81. The van der Waals surface area contributed by atoms with Gasteiger partial charge in [0, 0.05) is 23.5 Å². The average molecular weight is 629 g/mol. The molecular formula is C34H44O11. The summed E-state index contributed by atoms with van der Waals surface area (Å²) in [7, 11) is 0. The third-order valence-corrected chi connectivity index (χ3v) is 6.86. The van der Waals surface area contributed by atoms with Crippen molar-refractivity contribution < 1.29 is 53.0 Å². The lowest BCUT2D eigenvalue weighted by Gasteiger charge is -2.26. The molecule has 0 aliphatic rings. The van der Waals surface area contributed by atoms with Crippen LogP contribution in [0.15, 0.2) is 73.8 Å². The Kier molecular flexibility index (Phi) is 16.0. The Balaban J connectivity index is 1.80. The predicted octanol–water partition coefficient (Wildman–Crippen LogP) is 3.88. The fraction of sp³-hybridized carbons (Fsp3) is 0.441. The summed E-state index contributed by atoms with van der Waals surface area (Å²) >= 11 is 0. The number of ether oxygens (including phenoxy) is 6. The number of rotatable bonds is 22. The summed E-state index contributed by atoms with van der Waals surface area (Å²) in [5.74, 6) is -0.427. The molecule has 4 atom stereocenters. The lowest BCUT2D eigenvalue weighted by molar-refractivity contribution is -0.182. The van der Waals surface area contributed by atoms with E-state index in [4.69, 9.17) is 23.7 Å². The Morgan fingerprint density at radius 3 is 1.84 bits per heavy atom. The van der Waals surface area contributed by atoms with E-state index >= 15 is 0 Å². The lowest BCUT2D eigenvalue weighted by atomic mass is 9.78. The third-order valence-electron chi connectivity index (χ3n) is 6.86. The number of aldehydes is 1. The number of carbonyl (C=O) groups is 3. The van der Waals surface area contributed by atoms with Crippen LogP contribution in [-0.2, 0) is 38.7 Å². The van der Waals surface area contributed by atoms with Gasteiger partial charge in [0.25, 0.3) is 0 Å². The van der Waals surface area contributed by atoms with Gasteiger partial charge in [0.1, 0.15) is 37.1 Å². The first-order valence-electron chi connectivity index (χ1n) is 14.6. The van der Waals surface area contributed by atoms with Gasteiger partial charge in [-0.05, 0) is 55.2 Å². The second-order valence-corrected chi connectivity index (χ2v) is 10.8. The molecule has 0 saturated carbocycles. The van der Waals surface area contributed by atoms with Crippen LogP contribution in [0.5, 0.6) is 11.5 Å². The zero-order valence-corrected chi connectivity index (χ0v) is 26.1. The largest absolute Gasteiger partial charge is 0.493 e. The number of hydrogen-bond acceptors (Lipinski definition) is 11. The van der Waals surface area contributed by atoms with Crippen molar-refractivity contribution in [1.29, 1.82) is 0 Å². The topological polar surface area (TPSA) is 147 Å². The molecule has 0 bridgehead atoms. The molecule has 0 spiro atoms. The van der Waals surface area contributed by atoms with E-state index in [1.54, 1.807) is 0 Å². The summed E-state index contributed by atoms with van der Waals surface area (Å²) in [6.45, 7) is 12.4. The molecule has 0 saturated heterocycles. The number of hydrogen-bond donors (Lipinski definition) is 2. The molecule has 0 aliphatic carbocycles. The SMILES string of the molecule is C=CC(=O)OCOC(O)CCC(C=O)COc1ccc(C(C)(C)c2ccc(OCC(C)OCC(O)COC(=O)C=C)cc2)cc1. The molecule has 0 amide bonds. The van der Waals surface area contributed by atoms with Crippen LogP contribution in [0.3, 0.4) is 0 Å². The number of aliphatic hydroxyl groups excluding tert-OH is 2. The highest BCUT2D eigenvalue weighted by Crippen LogP contribution is 2.33. The van der Waals surface area contributed by atoms with Crippen molar-refractivity contribution >= 4 is 18.2 Å². The number of carbonyl (C=O) groups excluding carboxylic acids is 3. The first-order chi connectivity index (χ1) is 21.5. The number of benzene rings is 2. The predicted molar refractivity (Wildman–Crippen MR) is 166 cm³/mol. The molecule has 45 heavy (non-hydrogen) atoms. The molecule has 11 nitrogen and oxygen atoms in total. The zero-order chi connectivity index (χ0) is 33.2. The molecule has 2 rings (SSSR count). The lowest BCUT2D eigenvalue weighted by Crippen LogP contribution is -2.28. The Bertz CT molecular complexity index is 1210. The molecule has 2 aromatic rings. The zero-order valence-electron chi connectivity index (χ0n) is 26.1. The second kappa shape index (κ2) is 19.4. The maximum atomic E-state index is 11.5. The van der Waals surface area contributed by atoms with Gasteiger partial charge in [-0.2, -0.15) is 0 Å². The Morgan fingerprint density at radius 1 is 0.778 bits per heavy atom. The minimum Gasteiger partial charge on any atom is -0.493 e. The van der Waals surface area contributed by atoms with Crippen LogP contribution in [0.25, 0.3) is 0 Å². The van der Waals surface area contributed by atoms with Crippen molar-refractivity contribution in [1.82, 2.24) is 0 Å². The van der Waals surface area contributed by atoms with Gasteiger partial charge >= 0.3 is 11.9 Å². The van der Waals surface area contributed by atoms with Gasteiger partial charge in [0.05, 0.1) is 19.3 Å². The molecule has 0 radical (unpaired) electrons. The smallest absolute Gasteiger partial charge is 0.332 e. The van der Waals surface area contributed by atoms with Gasteiger partial charge in [0.2, 0.25) is 0 Å². The summed E-state index contributed by atoms with van der Waals surface area (Å²) in [4.78, 5) is 33.6. The maximum absolute atomic E-state index is 11.5. The van der Waals surface area contributed by atoms with Crippen molar-refractivity contribution in [3.8, 4) is 11.5 Å². The van der Waals surface area contributed by atoms with Crippen LogP contribution in [0, 0.1) is 5.92 Å². The van der Waals surface area contributed by atoms with Crippen LogP contribution in [0.4, 0.5) is 0 Å². The first kappa shape index (κ1) is 37.2. The van der Waals surface area contributed by atoms with Crippen molar-refractivity contribution in [2.24, 2.45) is 5.92 Å². The minimum atomic E-state index is -1.18. The molecule has 0 fully saturated rings. The normalized spacial score (nSPS) is 13.9. The van der Waals surface area contributed by atoms with Crippen LogP contribution >= 0.6 is 0 Å². The molecule has 246 valence electrons. The summed E-state index contributed by atoms with van der Waals surface area (Å²) in [6, 6.07) is 15.4. The average Bonchev–Trinajstić information content (AvgIpc) is 3.05. The van der Waals surface area contributed by atoms with E-state index in [0.29, 0.717) is 17.9 Å². The summed E-state index contributed by atoms with van der Waals surface area (Å²) in [5.41, 5.74) is 1.82. The third kappa shape index (κ3) is 13.7. The van der Waals surface area contributed by atoms with Crippen molar-refractivity contribution in [3.63, 3.8) is 0 Å². The molecule has 2 N–H and O–H groups in total. The van der Waals surface area contributed by atoms with Crippen LogP contribution < -0.4 is 9.47 Å². The second-order valence-electron chi connectivity index (χ2n) is 10.8. The number of aliphatic hydroxyl groups is 2. The van der Waals surface area contributed by atoms with Crippen LogP contribution in [-0.4, -0.2) is 80.2 Å². The summed E-state index contributed by atoms with van der Waals surface area (Å²) in [5, 5.41) is 19.7. The summed E-state index contributed by atoms with van der Waals surface area (Å²) < 4.78 is 31.6. The van der Waals surface area contributed by atoms with E-state index in [1.807, 2.05) is 55.5 Å². The van der Waals surface area contributed by atoms with Crippen molar-refractivity contribution in [2.75, 3.05) is 33.2 Å². The highest BCUT2D eigenvalue weighted by atomic mass is 16.7. The standard InChI is InChI=1S/C34H44O11/c1-6-31(37)43-22-28(36)21-40-24(3)19-41-29-13-9-26(10-14-29)34(4,5)27-11-15-30(16-12-27)42-20-25(18-35)8-17-33(39)45-23-44-32(38)7-2/h6-7,9-16,18,24-25,28,33,36,39H,1-2,8,17,19-23H2,3-5H3. The molecule has 2 aromatic carbocycles. The Morgan fingerprint density at radius 2 is 1.31 bits per heavy atom. The minimum absolute atomic E-state index is 0.00111. The molecule has 0 aliphatic heterocycles. The molecular weight excluding hydrogens is 584 g/mol. The van der Waals surface area contributed by atoms with Crippen LogP contribution in [0.2, 0.25) is 0 Å². The number of esters is 2. The maximum Gasteiger partial charge on any atom is 0.332 e. The fourth-order valence-corrected chi connectivity index (χ4v) is 3.99. The summed E-state index contributed by atoms with van der Waals surface area (Å²) in [6.07, 6.45) is 0.874. The Hall–Kier alpha value is -4.03. The van der Waals surface area contributed by atoms with Gasteiger partial charge < -0.3 is 43.4 Å². The molecule has 0 heterocycles. The van der Waals surface area contributed by atoms with E-state index in [9.17, 15) is 24.6 Å². The van der Waals surface area contributed by atoms with E-state index in [0.717, 1.165) is 29.6 Å². The van der Waals surface area contributed by atoms with Crippen molar-refractivity contribution in [2.45, 2.75) is 57.5 Å². The van der Waals surface area contributed by atoms with Crippen LogP contribution in [0.1, 0.15) is 44.7 Å². The first-order valence-corrected chi connectivity index (χ1v) is 14.6.